The first-order valence-corrected chi connectivity index (χ1v) is 8.30. The number of carbonyl (C=O) groups excluding carboxylic acids is 2. The molecule has 3 rings (SSSR count). The Balaban J connectivity index is 1.59. The van der Waals surface area contributed by atoms with Crippen molar-refractivity contribution in [2.45, 2.75) is 6.54 Å². The largest absolute Gasteiger partial charge is 0.378 e. The van der Waals surface area contributed by atoms with Crippen molar-refractivity contribution < 1.29 is 14.3 Å². The van der Waals surface area contributed by atoms with Crippen LogP contribution >= 0.6 is 11.3 Å². The number of carbonyl (C=O) groups is 2. The van der Waals surface area contributed by atoms with E-state index in [-0.39, 0.29) is 11.8 Å². The highest BCUT2D eigenvalue weighted by Crippen LogP contribution is 2.10. The van der Waals surface area contributed by atoms with E-state index in [1.54, 1.807) is 34.7 Å². The summed E-state index contributed by atoms with van der Waals surface area (Å²) in [6, 6.07) is 6.72. The number of amides is 2. The zero-order chi connectivity index (χ0) is 16.1. The molecule has 1 saturated heterocycles. The Labute approximate surface area is 138 Å². The molecule has 6 nitrogen and oxygen atoms in total. The van der Waals surface area contributed by atoms with Gasteiger partial charge < -0.3 is 15.0 Å². The van der Waals surface area contributed by atoms with E-state index >= 15 is 0 Å². The normalized spacial score (nSPS) is 14.5. The fourth-order valence-corrected chi connectivity index (χ4v) is 2.87. The van der Waals surface area contributed by atoms with Crippen LogP contribution in [-0.4, -0.2) is 48.0 Å². The van der Waals surface area contributed by atoms with Crippen LogP contribution in [0.25, 0.3) is 0 Å². The minimum Gasteiger partial charge on any atom is -0.378 e. The minimum absolute atomic E-state index is 0.0252. The van der Waals surface area contributed by atoms with Crippen LogP contribution in [0.5, 0.6) is 0 Å². The summed E-state index contributed by atoms with van der Waals surface area (Å²) in [4.78, 5) is 30.3. The minimum atomic E-state index is -0.177. The molecule has 2 aromatic rings. The lowest BCUT2D eigenvalue weighted by Crippen LogP contribution is -2.40. The molecule has 1 aromatic carbocycles. The van der Waals surface area contributed by atoms with Crippen LogP contribution in [0.2, 0.25) is 0 Å². The topological polar surface area (TPSA) is 71.5 Å². The number of hydrogen-bond acceptors (Lipinski definition) is 5. The second kappa shape index (κ2) is 7.34. The van der Waals surface area contributed by atoms with Crippen LogP contribution in [0.1, 0.15) is 26.4 Å². The predicted octanol–water partition coefficient (Wildman–Crippen LogP) is 1.55. The van der Waals surface area contributed by atoms with Gasteiger partial charge in [0.1, 0.15) is 0 Å². The van der Waals surface area contributed by atoms with Crippen molar-refractivity contribution in [3.8, 4) is 0 Å². The van der Waals surface area contributed by atoms with Crippen molar-refractivity contribution in [2.24, 2.45) is 0 Å². The first kappa shape index (κ1) is 15.6. The number of thiazole rings is 1. The monoisotopic (exact) mass is 331 g/mol. The van der Waals surface area contributed by atoms with Crippen molar-refractivity contribution in [1.29, 1.82) is 0 Å². The fourth-order valence-electron chi connectivity index (χ4n) is 2.31. The number of nitrogens with zero attached hydrogens (tertiary/aromatic N) is 2. The molecular formula is C16H17N3O3S. The molecule has 1 N–H and O–H groups in total. The van der Waals surface area contributed by atoms with E-state index < -0.39 is 0 Å². The molecule has 1 fully saturated rings. The molecule has 120 valence electrons. The van der Waals surface area contributed by atoms with Gasteiger partial charge in [-0.1, -0.05) is 0 Å². The molecule has 0 unspecified atom stereocenters. The van der Waals surface area contributed by atoms with Gasteiger partial charge in [-0.3, -0.25) is 9.59 Å². The summed E-state index contributed by atoms with van der Waals surface area (Å²) in [5, 5.41) is 4.70. The Hall–Kier alpha value is -2.25. The summed E-state index contributed by atoms with van der Waals surface area (Å²) in [6.45, 7) is 2.76. The van der Waals surface area contributed by atoms with E-state index in [9.17, 15) is 9.59 Å². The summed E-state index contributed by atoms with van der Waals surface area (Å²) in [5.41, 5.74) is 3.68. The Morgan fingerprint density at radius 1 is 1.17 bits per heavy atom. The van der Waals surface area contributed by atoms with Gasteiger partial charge in [0.15, 0.2) is 0 Å². The predicted molar refractivity (Wildman–Crippen MR) is 86.4 cm³/mol. The zero-order valence-electron chi connectivity index (χ0n) is 12.5. The zero-order valence-corrected chi connectivity index (χ0v) is 13.3. The molecule has 0 spiro atoms. The summed E-state index contributed by atoms with van der Waals surface area (Å²) < 4.78 is 5.24. The quantitative estimate of drug-likeness (QED) is 0.923. The van der Waals surface area contributed by atoms with Crippen LogP contribution in [0.4, 0.5) is 0 Å². The van der Waals surface area contributed by atoms with Gasteiger partial charge in [0.2, 0.25) is 0 Å². The highest BCUT2D eigenvalue weighted by molar-refractivity contribution is 7.07. The molecule has 1 aliphatic heterocycles. The Morgan fingerprint density at radius 3 is 2.52 bits per heavy atom. The maximum absolute atomic E-state index is 12.3. The van der Waals surface area contributed by atoms with Gasteiger partial charge in [0, 0.05) is 29.6 Å². The van der Waals surface area contributed by atoms with Gasteiger partial charge in [0.05, 0.1) is 31.0 Å². The summed E-state index contributed by atoms with van der Waals surface area (Å²) in [5.74, 6) is -0.203. The molecule has 2 amide bonds. The highest BCUT2D eigenvalue weighted by atomic mass is 32.1. The van der Waals surface area contributed by atoms with E-state index in [0.717, 1.165) is 5.69 Å². The molecule has 0 radical (unpaired) electrons. The Morgan fingerprint density at radius 2 is 1.87 bits per heavy atom. The fraction of sp³-hybridized carbons (Fsp3) is 0.312. The third kappa shape index (κ3) is 3.94. The smallest absolute Gasteiger partial charge is 0.254 e. The molecular weight excluding hydrogens is 314 g/mol. The summed E-state index contributed by atoms with van der Waals surface area (Å²) in [6.07, 6.45) is 0. The third-order valence-corrected chi connectivity index (χ3v) is 4.24. The van der Waals surface area contributed by atoms with Gasteiger partial charge in [-0.15, -0.1) is 11.3 Å². The van der Waals surface area contributed by atoms with Crippen LogP contribution < -0.4 is 5.32 Å². The number of hydrogen-bond donors (Lipinski definition) is 1. The van der Waals surface area contributed by atoms with E-state index in [4.69, 9.17) is 4.74 Å². The third-order valence-electron chi connectivity index (χ3n) is 3.61. The molecule has 1 aromatic heterocycles. The van der Waals surface area contributed by atoms with Crippen LogP contribution in [0, 0.1) is 0 Å². The molecule has 2 heterocycles. The molecule has 1 aliphatic rings. The number of morpholine rings is 1. The first-order chi connectivity index (χ1) is 11.2. The SMILES string of the molecule is O=C(NCc1cscn1)c1ccc(C(=O)N2CCOCC2)cc1. The number of ether oxygens (including phenoxy) is 1. The molecule has 7 heteroatoms. The van der Waals surface area contributed by atoms with Gasteiger partial charge in [-0.25, -0.2) is 4.98 Å². The van der Waals surface area contributed by atoms with Crippen molar-refractivity contribution in [3.63, 3.8) is 0 Å². The standard InChI is InChI=1S/C16H17N3O3S/c20-15(17-9-14-10-23-11-18-14)12-1-3-13(4-2-12)16(21)19-5-7-22-8-6-19/h1-4,10-11H,5-9H2,(H,17,20). The number of rotatable bonds is 4. The Kier molecular flexibility index (Phi) is 4.99. The van der Waals surface area contributed by atoms with Crippen LogP contribution in [0.3, 0.4) is 0 Å². The van der Waals surface area contributed by atoms with Crippen LogP contribution in [0.15, 0.2) is 35.2 Å². The maximum Gasteiger partial charge on any atom is 0.254 e. The average Bonchev–Trinajstić information content (AvgIpc) is 3.13. The van der Waals surface area contributed by atoms with Gasteiger partial charge >= 0.3 is 0 Å². The number of aromatic nitrogens is 1. The van der Waals surface area contributed by atoms with E-state index in [0.29, 0.717) is 44.0 Å². The first-order valence-electron chi connectivity index (χ1n) is 7.36. The van der Waals surface area contributed by atoms with Crippen LogP contribution in [-0.2, 0) is 11.3 Å². The average molecular weight is 331 g/mol. The van der Waals surface area contributed by atoms with Gasteiger partial charge in [0.25, 0.3) is 11.8 Å². The Bertz CT molecular complexity index is 664. The second-order valence-corrected chi connectivity index (χ2v) is 5.86. The molecule has 0 saturated carbocycles. The van der Waals surface area contributed by atoms with E-state index in [1.165, 1.54) is 11.3 Å². The van der Waals surface area contributed by atoms with E-state index in [1.807, 2.05) is 5.38 Å². The summed E-state index contributed by atoms with van der Waals surface area (Å²) >= 11 is 1.49. The number of nitrogens with one attached hydrogen (secondary N) is 1. The van der Waals surface area contributed by atoms with Crippen molar-refractivity contribution >= 4 is 23.2 Å². The maximum atomic E-state index is 12.3. The second-order valence-electron chi connectivity index (χ2n) is 5.14. The van der Waals surface area contributed by atoms with E-state index in [2.05, 4.69) is 10.3 Å². The number of benzene rings is 1. The van der Waals surface area contributed by atoms with Crippen molar-refractivity contribution in [3.05, 3.63) is 52.0 Å². The molecule has 23 heavy (non-hydrogen) atoms. The van der Waals surface area contributed by atoms with Crippen molar-refractivity contribution in [1.82, 2.24) is 15.2 Å². The van der Waals surface area contributed by atoms with Gasteiger partial charge in [-0.2, -0.15) is 0 Å². The lowest BCUT2D eigenvalue weighted by molar-refractivity contribution is 0.0303. The highest BCUT2D eigenvalue weighted by Gasteiger charge is 2.18. The van der Waals surface area contributed by atoms with Gasteiger partial charge in [-0.05, 0) is 24.3 Å². The molecule has 0 aliphatic carbocycles. The summed E-state index contributed by atoms with van der Waals surface area (Å²) in [7, 11) is 0. The van der Waals surface area contributed by atoms with Crippen molar-refractivity contribution in [2.75, 3.05) is 26.3 Å². The molecule has 0 atom stereocenters. The molecule has 0 bridgehead atoms. The lowest BCUT2D eigenvalue weighted by atomic mass is 10.1. The lowest BCUT2D eigenvalue weighted by Gasteiger charge is -2.26.